The number of ether oxygens (including phenoxy) is 2. The molecule has 1 heterocycles. The fraction of sp³-hybridized carbons (Fsp3) is 0.400. The highest BCUT2D eigenvalue weighted by Gasteiger charge is 2.28. The molecule has 130 valence electrons. The number of Topliss-reactive ketones (excluding diaryl/α,β-unsaturated/α-hetero) is 1. The van der Waals surface area contributed by atoms with Gasteiger partial charge in [0.1, 0.15) is 0 Å². The van der Waals surface area contributed by atoms with Crippen LogP contribution in [0.4, 0.5) is 0 Å². The zero-order valence-electron chi connectivity index (χ0n) is 14.8. The van der Waals surface area contributed by atoms with Crippen molar-refractivity contribution in [1.29, 1.82) is 5.26 Å². The van der Waals surface area contributed by atoms with Crippen LogP contribution in [0.25, 0.3) is 0 Å². The van der Waals surface area contributed by atoms with Gasteiger partial charge in [-0.3, -0.25) is 4.79 Å². The smallest absolute Gasteiger partial charge is 0.202 e. The monoisotopic (exact) mass is 338 g/mol. The van der Waals surface area contributed by atoms with Crippen molar-refractivity contribution >= 4 is 5.78 Å². The Morgan fingerprint density at radius 1 is 1.24 bits per heavy atom. The van der Waals surface area contributed by atoms with Gasteiger partial charge in [-0.2, -0.15) is 5.26 Å². The van der Waals surface area contributed by atoms with Gasteiger partial charge in [-0.15, -0.1) is 0 Å². The van der Waals surface area contributed by atoms with Gasteiger partial charge < -0.3 is 14.0 Å². The van der Waals surface area contributed by atoms with Crippen molar-refractivity contribution in [1.82, 2.24) is 4.57 Å². The van der Waals surface area contributed by atoms with Crippen LogP contribution in [0.15, 0.2) is 24.3 Å². The first-order chi connectivity index (χ1) is 12.0. The maximum atomic E-state index is 12.6. The summed E-state index contributed by atoms with van der Waals surface area (Å²) in [6.07, 6.45) is 2.37. The summed E-state index contributed by atoms with van der Waals surface area (Å²) in [5, 5.41) is 8.99. The lowest BCUT2D eigenvalue weighted by Crippen LogP contribution is -2.13. The van der Waals surface area contributed by atoms with Gasteiger partial charge in [-0.25, -0.2) is 0 Å². The Bertz CT molecular complexity index is 841. The molecule has 1 fully saturated rings. The molecule has 1 aromatic heterocycles. The minimum atomic E-state index is -0.0546. The van der Waals surface area contributed by atoms with Crippen molar-refractivity contribution in [2.45, 2.75) is 39.7 Å². The molecular weight excluding hydrogens is 316 g/mol. The van der Waals surface area contributed by atoms with E-state index in [2.05, 4.69) is 10.6 Å². The van der Waals surface area contributed by atoms with E-state index in [-0.39, 0.29) is 12.4 Å². The second-order valence-electron chi connectivity index (χ2n) is 6.30. The molecule has 0 saturated heterocycles. The number of aromatic nitrogens is 1. The van der Waals surface area contributed by atoms with Crippen molar-refractivity contribution in [3.8, 4) is 17.6 Å². The molecule has 0 bridgehead atoms. The zero-order chi connectivity index (χ0) is 18.0. The molecule has 0 spiro atoms. The molecule has 5 nitrogen and oxygen atoms in total. The molecule has 5 heteroatoms. The average Bonchev–Trinajstić information content (AvgIpc) is 3.38. The van der Waals surface area contributed by atoms with Crippen LogP contribution in [0.1, 0.15) is 53.1 Å². The van der Waals surface area contributed by atoms with Gasteiger partial charge in [-0.05, 0) is 51.8 Å². The Labute approximate surface area is 147 Å². The summed E-state index contributed by atoms with van der Waals surface area (Å²) < 4.78 is 13.5. The van der Waals surface area contributed by atoms with Crippen LogP contribution in [0.5, 0.6) is 11.5 Å². The number of carbonyl (C=O) groups is 1. The third kappa shape index (κ3) is 3.53. The van der Waals surface area contributed by atoms with Gasteiger partial charge in [0.2, 0.25) is 5.78 Å². The summed E-state index contributed by atoms with van der Waals surface area (Å²) in [7, 11) is 0. The molecular formula is C20H22N2O3. The van der Waals surface area contributed by atoms with Gasteiger partial charge >= 0.3 is 0 Å². The number of benzene rings is 1. The molecule has 0 atom stereocenters. The molecule has 0 amide bonds. The first-order valence-electron chi connectivity index (χ1n) is 8.56. The summed E-state index contributed by atoms with van der Waals surface area (Å²) in [5.74, 6) is 0.912. The second kappa shape index (κ2) is 7.02. The van der Waals surface area contributed by atoms with Gasteiger partial charge in [0.05, 0.1) is 18.2 Å². The predicted molar refractivity (Wildman–Crippen MR) is 94.3 cm³/mol. The molecule has 2 aromatic rings. The van der Waals surface area contributed by atoms with Crippen LogP contribution in [0.2, 0.25) is 0 Å². The quantitative estimate of drug-likeness (QED) is 0.717. The third-order valence-electron chi connectivity index (χ3n) is 4.43. The normalized spacial score (nSPS) is 13.4. The summed E-state index contributed by atoms with van der Waals surface area (Å²) in [4.78, 5) is 12.6. The van der Waals surface area contributed by atoms with Crippen molar-refractivity contribution in [3.05, 3.63) is 46.8 Å². The number of carbonyl (C=O) groups excluding carboxylic acids is 1. The van der Waals surface area contributed by atoms with Crippen LogP contribution in [0.3, 0.4) is 0 Å². The maximum absolute atomic E-state index is 12.6. The van der Waals surface area contributed by atoms with Crippen molar-refractivity contribution < 1.29 is 14.3 Å². The van der Waals surface area contributed by atoms with Crippen LogP contribution in [0, 0.1) is 25.2 Å². The van der Waals surface area contributed by atoms with E-state index in [1.165, 1.54) is 12.8 Å². The lowest BCUT2D eigenvalue weighted by Gasteiger charge is -2.12. The number of nitrogens with zero attached hydrogens (tertiary/aromatic N) is 2. The van der Waals surface area contributed by atoms with Crippen molar-refractivity contribution in [2.75, 3.05) is 13.2 Å². The molecule has 1 saturated carbocycles. The highest BCUT2D eigenvalue weighted by Crippen LogP contribution is 2.38. The molecule has 0 radical (unpaired) electrons. The van der Waals surface area contributed by atoms with Crippen molar-refractivity contribution in [3.63, 3.8) is 0 Å². The van der Waals surface area contributed by atoms with Gasteiger partial charge in [0.25, 0.3) is 0 Å². The van der Waals surface area contributed by atoms with Crippen molar-refractivity contribution in [2.24, 2.45) is 0 Å². The standard InChI is InChI=1S/C20H22N2O3/c1-4-24-20-10-15(11-21)5-8-19(20)25-12-18(23)17-9-13(2)22(14(17)3)16-6-7-16/h5,8-10,16H,4,6-7,12H2,1-3H3. The molecule has 1 aliphatic rings. The molecule has 1 aliphatic carbocycles. The van der Waals surface area contributed by atoms with E-state index in [0.717, 1.165) is 17.0 Å². The van der Waals surface area contributed by atoms with Gasteiger partial charge in [0.15, 0.2) is 18.1 Å². The number of ketones is 1. The third-order valence-corrected chi connectivity index (χ3v) is 4.43. The number of hydrogen-bond acceptors (Lipinski definition) is 4. The fourth-order valence-corrected chi connectivity index (χ4v) is 3.14. The molecule has 3 rings (SSSR count). The van der Waals surface area contributed by atoms with E-state index in [1.54, 1.807) is 18.2 Å². The minimum absolute atomic E-state index is 0.0493. The summed E-state index contributed by atoms with van der Waals surface area (Å²) in [6.45, 7) is 6.30. The van der Waals surface area contributed by atoms with Crippen LogP contribution in [-0.2, 0) is 0 Å². The Morgan fingerprint density at radius 3 is 2.64 bits per heavy atom. The average molecular weight is 338 g/mol. The van der Waals surface area contributed by atoms with E-state index in [0.29, 0.717) is 29.7 Å². The highest BCUT2D eigenvalue weighted by molar-refractivity contribution is 5.98. The maximum Gasteiger partial charge on any atom is 0.202 e. The number of nitriles is 1. The van der Waals surface area contributed by atoms with Crippen LogP contribution < -0.4 is 9.47 Å². The fourth-order valence-electron chi connectivity index (χ4n) is 3.14. The first kappa shape index (κ1) is 17.1. The molecule has 0 N–H and O–H groups in total. The zero-order valence-corrected chi connectivity index (χ0v) is 14.8. The predicted octanol–water partition coefficient (Wildman–Crippen LogP) is 3.97. The largest absolute Gasteiger partial charge is 0.490 e. The highest BCUT2D eigenvalue weighted by atomic mass is 16.5. The Hall–Kier alpha value is -2.74. The number of rotatable bonds is 7. The Kier molecular flexibility index (Phi) is 4.80. The number of hydrogen-bond donors (Lipinski definition) is 0. The van der Waals surface area contributed by atoms with Gasteiger partial charge in [0, 0.05) is 29.1 Å². The minimum Gasteiger partial charge on any atom is -0.490 e. The van der Waals surface area contributed by atoms with E-state index >= 15 is 0 Å². The SMILES string of the molecule is CCOc1cc(C#N)ccc1OCC(=O)c1cc(C)n(C2CC2)c1C. The topological polar surface area (TPSA) is 64.2 Å². The van der Waals surface area contributed by atoms with E-state index < -0.39 is 0 Å². The Balaban J connectivity index is 1.75. The second-order valence-corrected chi connectivity index (χ2v) is 6.30. The first-order valence-corrected chi connectivity index (χ1v) is 8.56. The lowest BCUT2D eigenvalue weighted by atomic mass is 10.1. The van der Waals surface area contributed by atoms with E-state index in [4.69, 9.17) is 14.7 Å². The molecule has 0 unspecified atom stereocenters. The number of aryl methyl sites for hydroxylation is 1. The van der Waals surface area contributed by atoms with E-state index in [9.17, 15) is 4.79 Å². The van der Waals surface area contributed by atoms with E-state index in [1.807, 2.05) is 26.8 Å². The molecule has 1 aromatic carbocycles. The summed E-state index contributed by atoms with van der Waals surface area (Å²) in [6, 6.07) is 9.52. The summed E-state index contributed by atoms with van der Waals surface area (Å²) in [5.41, 5.74) is 3.35. The summed E-state index contributed by atoms with van der Waals surface area (Å²) >= 11 is 0. The molecule has 0 aliphatic heterocycles. The Morgan fingerprint density at radius 2 is 2.00 bits per heavy atom. The van der Waals surface area contributed by atoms with Crippen LogP contribution >= 0.6 is 0 Å². The lowest BCUT2D eigenvalue weighted by molar-refractivity contribution is 0.0918. The van der Waals surface area contributed by atoms with Gasteiger partial charge in [-0.1, -0.05) is 0 Å². The molecule has 25 heavy (non-hydrogen) atoms. The van der Waals surface area contributed by atoms with Crippen LogP contribution in [-0.4, -0.2) is 23.6 Å².